The van der Waals surface area contributed by atoms with Gasteiger partial charge in [-0.15, -0.1) is 0 Å². The highest BCUT2D eigenvalue weighted by atomic mass is 16.5. The summed E-state index contributed by atoms with van der Waals surface area (Å²) in [7, 11) is 0. The first-order valence-electron chi connectivity index (χ1n) is 2.88. The molecule has 0 amide bonds. The molecule has 0 unspecified atom stereocenters. The molecule has 3 heteroatoms. The molecule has 0 atom stereocenters. The molecule has 1 aromatic rings. The Morgan fingerprint density at radius 2 is 2.56 bits per heavy atom. The highest BCUT2D eigenvalue weighted by Crippen LogP contribution is 1.88. The lowest BCUT2D eigenvalue weighted by Gasteiger charge is -1.92. The summed E-state index contributed by atoms with van der Waals surface area (Å²) < 4.78 is 0. The fraction of sp³-hybridized carbons (Fsp3) is 0.333. The molecule has 3 nitrogen and oxygen atoms in total. The van der Waals surface area contributed by atoms with Crippen molar-refractivity contribution < 1.29 is 4.85 Å². The van der Waals surface area contributed by atoms with E-state index in [1.165, 1.54) is 6.20 Å². The molecule has 0 aliphatic rings. The first-order chi connectivity index (χ1) is 4.33. The fourth-order valence-electron chi connectivity index (χ4n) is 0.610. The monoisotopic (exact) mass is 124 g/mol. The van der Waals surface area contributed by atoms with Gasteiger partial charge in [-0.3, -0.25) is 0 Å². The third kappa shape index (κ3) is 1.38. The molecular formula is C6H8N2O. The van der Waals surface area contributed by atoms with E-state index in [2.05, 4.69) is 5.10 Å². The van der Waals surface area contributed by atoms with E-state index in [-0.39, 0.29) is 0 Å². The molecule has 0 aliphatic carbocycles. The van der Waals surface area contributed by atoms with Gasteiger partial charge in [0.2, 0.25) is 6.20 Å². The summed E-state index contributed by atoms with van der Waals surface area (Å²) in [6.07, 6.45) is 2.18. The summed E-state index contributed by atoms with van der Waals surface area (Å²) in [5.74, 6) is 0. The van der Waals surface area contributed by atoms with Gasteiger partial charge in [0.05, 0.1) is 0 Å². The first kappa shape index (κ1) is 6.01. The smallest absolute Gasteiger partial charge is 0.209 e. The maximum atomic E-state index is 10.5. The van der Waals surface area contributed by atoms with Gasteiger partial charge in [-0.2, -0.15) is 0 Å². The van der Waals surface area contributed by atoms with Crippen molar-refractivity contribution in [2.24, 2.45) is 0 Å². The molecule has 0 N–H and O–H groups in total. The fourth-order valence-corrected chi connectivity index (χ4v) is 0.610. The Morgan fingerprint density at radius 1 is 1.78 bits per heavy atom. The number of aromatic nitrogens is 2. The standard InChI is InChI=1S/C6H8N2O/c1-2-6-4-3-5-8(9)7-6/h3-5H,2H2,1H3. The van der Waals surface area contributed by atoms with Crippen LogP contribution in [-0.4, -0.2) is 5.10 Å². The summed E-state index contributed by atoms with van der Waals surface area (Å²) in [6.45, 7) is 1.96. The van der Waals surface area contributed by atoms with Crippen molar-refractivity contribution in [1.82, 2.24) is 5.10 Å². The molecule has 0 aromatic carbocycles. The molecular weight excluding hydrogens is 116 g/mol. The first-order valence-corrected chi connectivity index (χ1v) is 2.88. The van der Waals surface area contributed by atoms with Gasteiger partial charge in [-0.05, 0) is 12.5 Å². The Balaban J connectivity index is 2.94. The largest absolute Gasteiger partial charge is 0.594 e. The third-order valence-electron chi connectivity index (χ3n) is 1.09. The average molecular weight is 124 g/mol. The van der Waals surface area contributed by atoms with Crippen LogP contribution >= 0.6 is 0 Å². The number of nitrogens with zero attached hydrogens (tertiary/aromatic N) is 2. The Morgan fingerprint density at radius 3 is 3.00 bits per heavy atom. The summed E-state index contributed by atoms with van der Waals surface area (Å²) in [5, 5.41) is 14.1. The van der Waals surface area contributed by atoms with Crippen LogP contribution in [0.3, 0.4) is 0 Å². The second kappa shape index (κ2) is 2.44. The molecule has 0 saturated heterocycles. The van der Waals surface area contributed by atoms with Gasteiger partial charge in [0.25, 0.3) is 0 Å². The number of aryl methyl sites for hydroxylation is 1. The van der Waals surface area contributed by atoms with Crippen LogP contribution in [-0.2, 0) is 6.42 Å². The minimum atomic E-state index is 0.568. The number of hydrogen-bond acceptors (Lipinski definition) is 2. The lowest BCUT2D eigenvalue weighted by molar-refractivity contribution is -0.670. The third-order valence-corrected chi connectivity index (χ3v) is 1.09. The van der Waals surface area contributed by atoms with Crippen LogP contribution in [0.1, 0.15) is 12.6 Å². The lowest BCUT2D eigenvalue weighted by Crippen LogP contribution is -2.30. The van der Waals surface area contributed by atoms with Crippen LogP contribution in [0, 0.1) is 5.21 Å². The zero-order chi connectivity index (χ0) is 6.69. The van der Waals surface area contributed by atoms with Crippen molar-refractivity contribution in [3.63, 3.8) is 0 Å². The van der Waals surface area contributed by atoms with E-state index in [1.807, 2.05) is 13.0 Å². The van der Waals surface area contributed by atoms with Crippen molar-refractivity contribution in [2.75, 3.05) is 0 Å². The summed E-state index contributed by atoms with van der Waals surface area (Å²) >= 11 is 0. The second-order valence-electron chi connectivity index (χ2n) is 1.76. The lowest BCUT2D eigenvalue weighted by atomic mass is 10.3. The van der Waals surface area contributed by atoms with Crippen LogP contribution in [0.5, 0.6) is 0 Å². The number of hydrogen-bond donors (Lipinski definition) is 0. The molecule has 0 saturated carbocycles. The van der Waals surface area contributed by atoms with Crippen molar-refractivity contribution in [3.8, 4) is 0 Å². The van der Waals surface area contributed by atoms with Crippen LogP contribution < -0.4 is 4.85 Å². The maximum Gasteiger partial charge on any atom is 0.209 e. The molecule has 1 aromatic heterocycles. The van der Waals surface area contributed by atoms with Gasteiger partial charge >= 0.3 is 0 Å². The number of rotatable bonds is 1. The molecule has 1 rings (SSSR count). The highest BCUT2D eigenvalue weighted by molar-refractivity contribution is 4.95. The van der Waals surface area contributed by atoms with E-state index >= 15 is 0 Å². The minimum absolute atomic E-state index is 0.568. The summed E-state index contributed by atoms with van der Waals surface area (Å²) in [6, 6.07) is 3.52. The van der Waals surface area contributed by atoms with E-state index in [4.69, 9.17) is 0 Å². The molecule has 1 heterocycles. The molecule has 0 spiro atoms. The Bertz CT molecular complexity index is 200. The zero-order valence-corrected chi connectivity index (χ0v) is 5.24. The molecule has 0 bridgehead atoms. The molecule has 48 valence electrons. The molecule has 0 radical (unpaired) electrons. The SMILES string of the molecule is CCc1ccc[n+]([O-])n1. The van der Waals surface area contributed by atoms with Gasteiger partial charge in [0.15, 0.2) is 0 Å². The van der Waals surface area contributed by atoms with Crippen molar-refractivity contribution in [1.29, 1.82) is 0 Å². The predicted molar refractivity (Wildman–Crippen MR) is 32.6 cm³/mol. The van der Waals surface area contributed by atoms with Gasteiger partial charge in [0.1, 0.15) is 5.69 Å². The van der Waals surface area contributed by atoms with E-state index in [1.54, 1.807) is 6.07 Å². The van der Waals surface area contributed by atoms with Crippen LogP contribution in [0.2, 0.25) is 0 Å². The summed E-state index contributed by atoms with van der Waals surface area (Å²) in [5.41, 5.74) is 0.826. The van der Waals surface area contributed by atoms with E-state index in [0.717, 1.165) is 12.1 Å². The van der Waals surface area contributed by atoms with Gasteiger partial charge in [0, 0.05) is 11.2 Å². The van der Waals surface area contributed by atoms with E-state index in [9.17, 15) is 5.21 Å². The Labute approximate surface area is 53.5 Å². The zero-order valence-electron chi connectivity index (χ0n) is 5.24. The molecule has 0 fully saturated rings. The van der Waals surface area contributed by atoms with Gasteiger partial charge in [-0.1, -0.05) is 11.8 Å². The van der Waals surface area contributed by atoms with Gasteiger partial charge < -0.3 is 5.21 Å². The maximum absolute atomic E-state index is 10.5. The molecule has 0 aliphatic heterocycles. The minimum Gasteiger partial charge on any atom is -0.594 e. The highest BCUT2D eigenvalue weighted by Gasteiger charge is 1.92. The molecule has 9 heavy (non-hydrogen) atoms. The van der Waals surface area contributed by atoms with Crippen LogP contribution in [0.4, 0.5) is 0 Å². The summed E-state index contributed by atoms with van der Waals surface area (Å²) in [4.78, 5) is 0.568. The quantitative estimate of drug-likeness (QED) is 0.398. The topological polar surface area (TPSA) is 39.8 Å². The van der Waals surface area contributed by atoms with Crippen molar-refractivity contribution in [2.45, 2.75) is 13.3 Å². The van der Waals surface area contributed by atoms with Gasteiger partial charge in [-0.25, -0.2) is 0 Å². The van der Waals surface area contributed by atoms with Crippen molar-refractivity contribution >= 4 is 0 Å². The normalized spacial score (nSPS) is 9.44. The van der Waals surface area contributed by atoms with Crippen LogP contribution in [0.15, 0.2) is 18.3 Å². The van der Waals surface area contributed by atoms with Crippen LogP contribution in [0.25, 0.3) is 0 Å². The Hall–Kier alpha value is -1.12. The Kier molecular flexibility index (Phi) is 1.63. The average Bonchev–Trinajstić information content (AvgIpc) is 1.88. The van der Waals surface area contributed by atoms with Crippen molar-refractivity contribution in [3.05, 3.63) is 29.2 Å². The van der Waals surface area contributed by atoms with E-state index in [0.29, 0.717) is 4.85 Å². The predicted octanol–water partition coefficient (Wildman–Crippen LogP) is 0.277. The second-order valence-corrected chi connectivity index (χ2v) is 1.76. The van der Waals surface area contributed by atoms with E-state index < -0.39 is 0 Å².